The first-order valence-electron chi connectivity index (χ1n) is 6.63. The van der Waals surface area contributed by atoms with Crippen LogP contribution in [0.2, 0.25) is 0 Å². The van der Waals surface area contributed by atoms with Crippen molar-refractivity contribution in [3.05, 3.63) is 35.9 Å². The molecule has 118 valence electrons. The Bertz CT molecular complexity index is 437. The summed E-state index contributed by atoms with van der Waals surface area (Å²) in [6.07, 6.45) is -4.46. The minimum Gasteiger partial charge on any atom is -0.353 e. The Hall–Kier alpha value is -1.60. The molecule has 0 saturated heterocycles. The van der Waals surface area contributed by atoms with Crippen molar-refractivity contribution in [1.29, 1.82) is 0 Å². The molecule has 0 aliphatic heterocycles. The molecule has 2 atom stereocenters. The van der Waals surface area contributed by atoms with Gasteiger partial charge in [0.1, 0.15) is 6.04 Å². The summed E-state index contributed by atoms with van der Waals surface area (Å²) in [6, 6.07) is 5.67. The van der Waals surface area contributed by atoms with Gasteiger partial charge in [-0.25, -0.2) is 0 Å². The standard InChI is InChI=1S/C14H20F3N3O/c1-10(18-2)8-19-12(21)9-20-13(14(15,16)17)11-6-4-3-5-7-11/h3-7,10,13,18,20H,8-9H2,1-2H3,(H,19,21). The Morgan fingerprint density at radius 2 is 1.86 bits per heavy atom. The average molecular weight is 303 g/mol. The molecule has 2 unspecified atom stereocenters. The summed E-state index contributed by atoms with van der Waals surface area (Å²) in [7, 11) is 1.74. The number of hydrogen-bond acceptors (Lipinski definition) is 3. The number of carbonyl (C=O) groups is 1. The van der Waals surface area contributed by atoms with E-state index in [9.17, 15) is 18.0 Å². The molecule has 0 spiro atoms. The van der Waals surface area contributed by atoms with Crippen LogP contribution in [0.5, 0.6) is 0 Å². The minimum absolute atomic E-state index is 0.0569. The van der Waals surface area contributed by atoms with Crippen LogP contribution in [0.15, 0.2) is 30.3 Å². The van der Waals surface area contributed by atoms with Gasteiger partial charge in [0.05, 0.1) is 6.54 Å². The maximum absolute atomic E-state index is 13.0. The van der Waals surface area contributed by atoms with E-state index in [0.717, 1.165) is 0 Å². The lowest BCUT2D eigenvalue weighted by molar-refractivity contribution is -0.158. The van der Waals surface area contributed by atoms with Gasteiger partial charge in [-0.05, 0) is 19.5 Å². The monoisotopic (exact) mass is 303 g/mol. The predicted octanol–water partition coefficient (Wildman–Crippen LogP) is 1.60. The fourth-order valence-electron chi connectivity index (χ4n) is 1.69. The normalized spacial score (nSPS) is 14.5. The zero-order valence-electron chi connectivity index (χ0n) is 12.0. The highest BCUT2D eigenvalue weighted by Crippen LogP contribution is 2.32. The fourth-order valence-corrected chi connectivity index (χ4v) is 1.69. The van der Waals surface area contributed by atoms with Crippen LogP contribution in [-0.4, -0.2) is 38.3 Å². The molecule has 0 aliphatic rings. The number of carbonyl (C=O) groups excluding carboxylic acids is 1. The molecule has 3 N–H and O–H groups in total. The maximum atomic E-state index is 13.0. The molecule has 1 aromatic carbocycles. The van der Waals surface area contributed by atoms with Gasteiger partial charge in [0.25, 0.3) is 0 Å². The summed E-state index contributed by atoms with van der Waals surface area (Å²) in [4.78, 5) is 11.6. The highest BCUT2D eigenvalue weighted by Gasteiger charge is 2.40. The molecule has 0 radical (unpaired) electrons. The van der Waals surface area contributed by atoms with Crippen LogP contribution >= 0.6 is 0 Å². The average Bonchev–Trinajstić information content (AvgIpc) is 2.44. The van der Waals surface area contributed by atoms with Crippen LogP contribution in [0, 0.1) is 0 Å². The number of hydrogen-bond donors (Lipinski definition) is 3. The van der Waals surface area contributed by atoms with Crippen molar-refractivity contribution in [1.82, 2.24) is 16.0 Å². The zero-order chi connectivity index (χ0) is 15.9. The summed E-state index contributed by atoms with van der Waals surface area (Å²) in [5, 5.41) is 7.74. The van der Waals surface area contributed by atoms with Gasteiger partial charge in [0.2, 0.25) is 5.91 Å². The van der Waals surface area contributed by atoms with Crippen molar-refractivity contribution in [2.45, 2.75) is 25.2 Å². The summed E-state index contributed by atoms with van der Waals surface area (Å²) in [5.74, 6) is -0.470. The topological polar surface area (TPSA) is 53.2 Å². The van der Waals surface area contributed by atoms with Crippen LogP contribution in [0.25, 0.3) is 0 Å². The van der Waals surface area contributed by atoms with E-state index < -0.39 is 24.7 Å². The van der Waals surface area contributed by atoms with Gasteiger partial charge in [0, 0.05) is 12.6 Å². The molecular formula is C14H20F3N3O. The van der Waals surface area contributed by atoms with Crippen LogP contribution in [0.1, 0.15) is 18.5 Å². The first kappa shape index (κ1) is 17.5. The Labute approximate surface area is 122 Å². The van der Waals surface area contributed by atoms with Gasteiger partial charge in [-0.2, -0.15) is 13.2 Å². The Kier molecular flexibility index (Phi) is 6.64. The summed E-state index contributed by atoms with van der Waals surface area (Å²) >= 11 is 0. The molecule has 0 aliphatic carbocycles. The van der Waals surface area contributed by atoms with E-state index in [4.69, 9.17) is 0 Å². The molecule has 21 heavy (non-hydrogen) atoms. The summed E-state index contributed by atoms with van der Waals surface area (Å²) in [5.41, 5.74) is 0.0846. The van der Waals surface area contributed by atoms with Crippen molar-refractivity contribution < 1.29 is 18.0 Å². The van der Waals surface area contributed by atoms with Crippen LogP contribution < -0.4 is 16.0 Å². The van der Waals surface area contributed by atoms with Gasteiger partial charge in [-0.1, -0.05) is 30.3 Å². The summed E-state index contributed by atoms with van der Waals surface area (Å²) in [6.45, 7) is 1.82. The van der Waals surface area contributed by atoms with E-state index in [-0.39, 0.29) is 11.6 Å². The Morgan fingerprint density at radius 3 is 2.38 bits per heavy atom. The lowest BCUT2D eigenvalue weighted by Crippen LogP contribution is -2.44. The molecule has 0 saturated carbocycles. The Morgan fingerprint density at radius 1 is 1.24 bits per heavy atom. The number of alkyl halides is 3. The third-order valence-electron chi connectivity index (χ3n) is 3.03. The van der Waals surface area contributed by atoms with E-state index in [1.54, 1.807) is 13.1 Å². The fraction of sp³-hybridized carbons (Fsp3) is 0.500. The van der Waals surface area contributed by atoms with Crippen molar-refractivity contribution in [3.63, 3.8) is 0 Å². The van der Waals surface area contributed by atoms with E-state index >= 15 is 0 Å². The molecule has 4 nitrogen and oxygen atoms in total. The molecule has 0 heterocycles. The number of nitrogens with one attached hydrogen (secondary N) is 3. The second-order valence-electron chi connectivity index (χ2n) is 4.76. The van der Waals surface area contributed by atoms with Crippen molar-refractivity contribution in [2.75, 3.05) is 20.1 Å². The lowest BCUT2D eigenvalue weighted by Gasteiger charge is -2.22. The Balaban J connectivity index is 2.57. The van der Waals surface area contributed by atoms with Gasteiger partial charge >= 0.3 is 6.18 Å². The number of amides is 1. The number of benzene rings is 1. The van der Waals surface area contributed by atoms with Gasteiger partial charge < -0.3 is 10.6 Å². The van der Waals surface area contributed by atoms with Crippen molar-refractivity contribution in [3.8, 4) is 0 Å². The molecule has 0 aromatic heterocycles. The molecule has 1 rings (SSSR count). The van der Waals surface area contributed by atoms with Crippen LogP contribution in [0.3, 0.4) is 0 Å². The largest absolute Gasteiger partial charge is 0.407 e. The van der Waals surface area contributed by atoms with E-state index in [1.807, 2.05) is 6.92 Å². The highest BCUT2D eigenvalue weighted by atomic mass is 19.4. The molecule has 0 bridgehead atoms. The highest BCUT2D eigenvalue weighted by molar-refractivity contribution is 5.78. The minimum atomic E-state index is -4.46. The molecular weight excluding hydrogens is 283 g/mol. The van der Waals surface area contributed by atoms with E-state index in [0.29, 0.717) is 6.54 Å². The first-order chi connectivity index (χ1) is 9.84. The van der Waals surface area contributed by atoms with E-state index in [2.05, 4.69) is 16.0 Å². The number of halogens is 3. The van der Waals surface area contributed by atoms with E-state index in [1.165, 1.54) is 24.3 Å². The third kappa shape index (κ3) is 6.14. The first-order valence-corrected chi connectivity index (χ1v) is 6.63. The summed E-state index contributed by atoms with van der Waals surface area (Å²) < 4.78 is 39.1. The molecule has 1 amide bonds. The number of likely N-dealkylation sites (N-methyl/N-ethyl adjacent to an activating group) is 1. The third-order valence-corrected chi connectivity index (χ3v) is 3.03. The maximum Gasteiger partial charge on any atom is 0.407 e. The van der Waals surface area contributed by atoms with Gasteiger partial charge in [-0.3, -0.25) is 10.1 Å². The lowest BCUT2D eigenvalue weighted by atomic mass is 10.1. The quantitative estimate of drug-likeness (QED) is 0.717. The molecule has 0 fully saturated rings. The van der Waals surface area contributed by atoms with Crippen molar-refractivity contribution in [2.24, 2.45) is 0 Å². The van der Waals surface area contributed by atoms with Crippen LogP contribution in [0.4, 0.5) is 13.2 Å². The second kappa shape index (κ2) is 7.99. The molecule has 7 heteroatoms. The van der Waals surface area contributed by atoms with Gasteiger partial charge in [0.15, 0.2) is 0 Å². The zero-order valence-corrected chi connectivity index (χ0v) is 12.0. The number of rotatable bonds is 7. The predicted molar refractivity (Wildman–Crippen MR) is 74.8 cm³/mol. The smallest absolute Gasteiger partial charge is 0.353 e. The second-order valence-corrected chi connectivity index (χ2v) is 4.76. The van der Waals surface area contributed by atoms with Crippen molar-refractivity contribution >= 4 is 5.91 Å². The SMILES string of the molecule is CNC(C)CNC(=O)CNC(c1ccccc1)C(F)(F)F. The van der Waals surface area contributed by atoms with Crippen LogP contribution in [-0.2, 0) is 4.79 Å². The van der Waals surface area contributed by atoms with Gasteiger partial charge in [-0.15, -0.1) is 0 Å². The molecule has 1 aromatic rings.